The van der Waals surface area contributed by atoms with Crippen LogP contribution in [0.2, 0.25) is 0 Å². The van der Waals surface area contributed by atoms with Gasteiger partial charge in [0.2, 0.25) is 0 Å². The standard InChI is InChI=1S/C18H20N4O2S/c1-21(2)9-15(17(23)12-4-5-12)18(24)14-7-6-13(8-16(14)25-3)22-11-19-10-20-22/h6-12H,4-5H2,1-3H3. The van der Waals surface area contributed by atoms with E-state index in [0.717, 1.165) is 23.4 Å². The van der Waals surface area contributed by atoms with Gasteiger partial charge in [-0.2, -0.15) is 5.10 Å². The van der Waals surface area contributed by atoms with Crippen LogP contribution in [-0.4, -0.2) is 51.6 Å². The fourth-order valence-corrected chi connectivity index (χ4v) is 3.17. The molecule has 0 aliphatic heterocycles. The quantitative estimate of drug-likeness (QED) is 0.250. The van der Waals surface area contributed by atoms with Crippen LogP contribution in [0.3, 0.4) is 0 Å². The summed E-state index contributed by atoms with van der Waals surface area (Å²) in [6.07, 6.45) is 8.36. The van der Waals surface area contributed by atoms with Crippen LogP contribution in [-0.2, 0) is 4.79 Å². The van der Waals surface area contributed by atoms with Crippen LogP contribution >= 0.6 is 11.8 Å². The van der Waals surface area contributed by atoms with Crippen molar-refractivity contribution in [3.8, 4) is 5.69 Å². The molecule has 7 heteroatoms. The molecule has 1 aliphatic rings. The van der Waals surface area contributed by atoms with Crippen molar-refractivity contribution >= 4 is 23.3 Å². The molecule has 0 N–H and O–H groups in total. The van der Waals surface area contributed by atoms with E-state index in [1.165, 1.54) is 18.1 Å². The van der Waals surface area contributed by atoms with Gasteiger partial charge >= 0.3 is 0 Å². The van der Waals surface area contributed by atoms with Crippen LogP contribution in [0.25, 0.3) is 5.69 Å². The van der Waals surface area contributed by atoms with E-state index in [1.54, 1.807) is 28.2 Å². The van der Waals surface area contributed by atoms with E-state index in [0.29, 0.717) is 5.56 Å². The van der Waals surface area contributed by atoms with Crippen LogP contribution in [0.1, 0.15) is 23.2 Å². The number of hydrogen-bond acceptors (Lipinski definition) is 6. The third kappa shape index (κ3) is 3.82. The van der Waals surface area contributed by atoms with E-state index in [-0.39, 0.29) is 23.1 Å². The van der Waals surface area contributed by atoms with Gasteiger partial charge in [-0.15, -0.1) is 11.8 Å². The summed E-state index contributed by atoms with van der Waals surface area (Å²) in [4.78, 5) is 32.1. The van der Waals surface area contributed by atoms with Gasteiger partial charge in [0.25, 0.3) is 0 Å². The Morgan fingerprint density at radius 2 is 2.08 bits per heavy atom. The van der Waals surface area contributed by atoms with Crippen molar-refractivity contribution in [2.45, 2.75) is 17.7 Å². The largest absolute Gasteiger partial charge is 0.383 e. The number of ketones is 2. The van der Waals surface area contributed by atoms with Crippen LogP contribution in [0, 0.1) is 5.92 Å². The zero-order chi connectivity index (χ0) is 18.0. The lowest BCUT2D eigenvalue weighted by molar-refractivity contribution is -0.116. The Morgan fingerprint density at radius 3 is 2.64 bits per heavy atom. The van der Waals surface area contributed by atoms with Gasteiger partial charge in [0.05, 0.1) is 11.3 Å². The van der Waals surface area contributed by atoms with Crippen LogP contribution in [0.5, 0.6) is 0 Å². The van der Waals surface area contributed by atoms with E-state index in [1.807, 2.05) is 32.5 Å². The summed E-state index contributed by atoms with van der Waals surface area (Å²) in [5.74, 6) is -0.270. The highest BCUT2D eigenvalue weighted by Gasteiger charge is 2.35. The molecule has 130 valence electrons. The first-order chi connectivity index (χ1) is 12.0. The SMILES string of the molecule is CSc1cc(-n2cncn2)ccc1C(=O)C(=CN(C)C)C(=O)C1CC1. The molecule has 3 rings (SSSR count). The van der Waals surface area contributed by atoms with Gasteiger partial charge in [-0.3, -0.25) is 9.59 Å². The first-order valence-corrected chi connectivity index (χ1v) is 9.24. The lowest BCUT2D eigenvalue weighted by Crippen LogP contribution is -2.19. The average Bonchev–Trinajstić information content (AvgIpc) is 3.32. The number of allylic oxidation sites excluding steroid dienone is 1. The molecule has 6 nitrogen and oxygen atoms in total. The maximum absolute atomic E-state index is 13.1. The maximum atomic E-state index is 13.1. The Labute approximate surface area is 150 Å². The fourth-order valence-electron chi connectivity index (χ4n) is 2.55. The number of carbonyl (C=O) groups excluding carboxylic acids is 2. The molecule has 0 spiro atoms. The van der Waals surface area contributed by atoms with Crippen molar-refractivity contribution < 1.29 is 9.59 Å². The molecule has 25 heavy (non-hydrogen) atoms. The number of benzene rings is 1. The van der Waals surface area contributed by atoms with E-state index < -0.39 is 0 Å². The summed E-state index contributed by atoms with van der Waals surface area (Å²) in [5.41, 5.74) is 1.62. The highest BCUT2D eigenvalue weighted by molar-refractivity contribution is 7.98. The number of aromatic nitrogens is 3. The lowest BCUT2D eigenvalue weighted by atomic mass is 9.98. The number of nitrogens with zero attached hydrogens (tertiary/aromatic N) is 4. The lowest BCUT2D eigenvalue weighted by Gasteiger charge is -2.13. The first kappa shape index (κ1) is 17.4. The summed E-state index contributed by atoms with van der Waals surface area (Å²) in [5, 5.41) is 4.11. The van der Waals surface area contributed by atoms with Crippen molar-refractivity contribution in [1.29, 1.82) is 0 Å². The molecular formula is C18H20N4O2S. The summed E-state index contributed by atoms with van der Waals surface area (Å²) >= 11 is 1.47. The van der Waals surface area contributed by atoms with Gasteiger partial charge in [0.15, 0.2) is 11.6 Å². The molecule has 0 bridgehead atoms. The van der Waals surface area contributed by atoms with Gasteiger partial charge in [-0.25, -0.2) is 9.67 Å². The normalized spacial score (nSPS) is 14.4. The third-order valence-electron chi connectivity index (χ3n) is 3.96. The van der Waals surface area contributed by atoms with Crippen LogP contribution in [0.4, 0.5) is 0 Å². The molecule has 0 amide bonds. The Kier molecular flexibility index (Phi) is 5.03. The first-order valence-electron chi connectivity index (χ1n) is 8.01. The van der Waals surface area contributed by atoms with Gasteiger partial charge < -0.3 is 4.90 Å². The minimum atomic E-state index is -0.222. The fraction of sp³-hybridized carbons (Fsp3) is 0.333. The molecule has 1 aromatic heterocycles. The van der Waals surface area contributed by atoms with E-state index in [4.69, 9.17) is 0 Å². The molecule has 0 unspecified atom stereocenters. The molecule has 2 aromatic rings. The summed E-state index contributed by atoms with van der Waals surface area (Å²) < 4.78 is 1.64. The minimum Gasteiger partial charge on any atom is -0.383 e. The molecule has 1 aromatic carbocycles. The van der Waals surface area contributed by atoms with Crippen LogP contribution < -0.4 is 0 Å². The molecule has 1 aliphatic carbocycles. The Balaban J connectivity index is 1.98. The van der Waals surface area contributed by atoms with Gasteiger partial charge in [0.1, 0.15) is 12.7 Å². The van der Waals surface area contributed by atoms with Crippen molar-refractivity contribution in [2.75, 3.05) is 20.4 Å². The minimum absolute atomic E-state index is 0.00213. The van der Waals surface area contributed by atoms with Crippen molar-refractivity contribution in [1.82, 2.24) is 19.7 Å². The summed E-state index contributed by atoms with van der Waals surface area (Å²) in [6.45, 7) is 0. The predicted octanol–water partition coefficient (Wildman–Crippen LogP) is 2.60. The average molecular weight is 356 g/mol. The predicted molar refractivity (Wildman–Crippen MR) is 97.0 cm³/mol. The Morgan fingerprint density at radius 1 is 1.32 bits per heavy atom. The monoisotopic (exact) mass is 356 g/mol. The smallest absolute Gasteiger partial charge is 0.199 e. The van der Waals surface area contributed by atoms with E-state index in [2.05, 4.69) is 10.1 Å². The van der Waals surface area contributed by atoms with Gasteiger partial charge in [-0.1, -0.05) is 0 Å². The van der Waals surface area contributed by atoms with Crippen molar-refractivity contribution in [3.63, 3.8) is 0 Å². The number of carbonyl (C=O) groups is 2. The zero-order valence-electron chi connectivity index (χ0n) is 14.5. The Bertz CT molecular complexity index is 824. The molecular weight excluding hydrogens is 336 g/mol. The molecule has 0 radical (unpaired) electrons. The van der Waals surface area contributed by atoms with E-state index in [9.17, 15) is 9.59 Å². The van der Waals surface area contributed by atoms with E-state index >= 15 is 0 Å². The highest BCUT2D eigenvalue weighted by atomic mass is 32.2. The highest BCUT2D eigenvalue weighted by Crippen LogP contribution is 2.34. The number of Topliss-reactive ketones (excluding diaryl/α,β-unsaturated/α-hetero) is 2. The zero-order valence-corrected chi connectivity index (χ0v) is 15.3. The summed E-state index contributed by atoms with van der Waals surface area (Å²) in [7, 11) is 3.63. The Hall–Kier alpha value is -2.41. The second kappa shape index (κ2) is 7.23. The van der Waals surface area contributed by atoms with Crippen LogP contribution in [0.15, 0.2) is 47.5 Å². The molecule has 0 atom stereocenters. The van der Waals surface area contributed by atoms with Gasteiger partial charge in [-0.05, 0) is 37.3 Å². The van der Waals surface area contributed by atoms with Crippen molar-refractivity contribution in [2.24, 2.45) is 5.92 Å². The molecule has 1 fully saturated rings. The summed E-state index contributed by atoms with van der Waals surface area (Å²) in [6, 6.07) is 5.47. The molecule has 0 saturated heterocycles. The third-order valence-corrected chi connectivity index (χ3v) is 4.74. The second-order valence-electron chi connectivity index (χ2n) is 6.20. The van der Waals surface area contributed by atoms with Crippen molar-refractivity contribution in [3.05, 3.63) is 48.2 Å². The topological polar surface area (TPSA) is 68.1 Å². The number of rotatable bonds is 7. The van der Waals surface area contributed by atoms with Gasteiger partial charge in [0, 0.05) is 36.7 Å². The molecule has 1 saturated carbocycles. The second-order valence-corrected chi connectivity index (χ2v) is 7.05. The maximum Gasteiger partial charge on any atom is 0.199 e. The number of thioether (sulfide) groups is 1. The number of hydrogen-bond donors (Lipinski definition) is 0. The molecule has 1 heterocycles.